The third kappa shape index (κ3) is 3.65. The van der Waals surface area contributed by atoms with Crippen LogP contribution in [0.25, 0.3) is 5.57 Å². The van der Waals surface area contributed by atoms with E-state index >= 15 is 0 Å². The molecule has 3 aromatic carbocycles. The molecule has 2 aliphatic rings. The van der Waals surface area contributed by atoms with Crippen LogP contribution in [0.2, 0.25) is 0 Å². The van der Waals surface area contributed by atoms with E-state index < -0.39 is 17.6 Å². The largest absolute Gasteiger partial charge is 0.495 e. The van der Waals surface area contributed by atoms with Crippen LogP contribution in [0.1, 0.15) is 5.56 Å². The van der Waals surface area contributed by atoms with Crippen LogP contribution in [-0.4, -0.2) is 32.1 Å². The molecule has 0 fully saturated rings. The van der Waals surface area contributed by atoms with Crippen LogP contribution in [0, 0.1) is 5.82 Å². The van der Waals surface area contributed by atoms with Gasteiger partial charge in [0.05, 0.1) is 18.4 Å². The van der Waals surface area contributed by atoms with E-state index in [1.807, 2.05) is 0 Å². The number of nitrogens with one attached hydrogen (secondary N) is 1. The number of benzene rings is 3. The van der Waals surface area contributed by atoms with Crippen LogP contribution < -0.4 is 24.4 Å². The number of hydrogen-bond acceptors (Lipinski definition) is 6. The number of halogens is 1. The number of para-hydroxylation sites is 2. The van der Waals surface area contributed by atoms with Crippen molar-refractivity contribution in [3.8, 4) is 17.2 Å². The van der Waals surface area contributed by atoms with Crippen LogP contribution in [-0.2, 0) is 9.59 Å². The number of carbonyl (C=O) groups is 2. The summed E-state index contributed by atoms with van der Waals surface area (Å²) in [5.41, 5.74) is 1.45. The number of carbonyl (C=O) groups excluding carboxylic acids is 2. The van der Waals surface area contributed by atoms with Crippen LogP contribution in [0.15, 0.2) is 72.4 Å². The summed E-state index contributed by atoms with van der Waals surface area (Å²) >= 11 is 0. The van der Waals surface area contributed by atoms with Gasteiger partial charge in [0.2, 0.25) is 0 Å². The maximum absolute atomic E-state index is 13.6. The second kappa shape index (κ2) is 8.31. The van der Waals surface area contributed by atoms with E-state index in [0.29, 0.717) is 47.4 Å². The van der Waals surface area contributed by atoms with Gasteiger partial charge in [-0.15, -0.1) is 0 Å². The minimum absolute atomic E-state index is 0.0641. The SMILES string of the molecule is COc1ccccc1N1C(=O)C(Nc2ccc3c(c2)OCCO3)=C(c2ccc(F)cc2)C1=O. The highest BCUT2D eigenvalue weighted by molar-refractivity contribution is 6.46. The lowest BCUT2D eigenvalue weighted by atomic mass is 10.0. The predicted octanol–water partition coefficient (Wildman–Crippen LogP) is 4.00. The molecule has 0 spiro atoms. The highest BCUT2D eigenvalue weighted by atomic mass is 19.1. The molecule has 0 bridgehead atoms. The van der Waals surface area contributed by atoms with Crippen LogP contribution in [0.4, 0.5) is 15.8 Å². The Morgan fingerprint density at radius 2 is 1.64 bits per heavy atom. The lowest BCUT2D eigenvalue weighted by molar-refractivity contribution is -0.120. The molecule has 2 heterocycles. The van der Waals surface area contributed by atoms with Gasteiger partial charge in [-0.2, -0.15) is 0 Å². The monoisotopic (exact) mass is 446 g/mol. The molecule has 0 radical (unpaired) electrons. The normalized spacial score (nSPS) is 15.2. The molecule has 1 N–H and O–H groups in total. The number of nitrogens with zero attached hydrogens (tertiary/aromatic N) is 1. The highest BCUT2D eigenvalue weighted by Crippen LogP contribution is 2.39. The first-order valence-corrected chi connectivity index (χ1v) is 10.3. The van der Waals surface area contributed by atoms with Gasteiger partial charge in [-0.1, -0.05) is 24.3 Å². The third-order valence-electron chi connectivity index (χ3n) is 5.35. The number of rotatable bonds is 5. The molecule has 33 heavy (non-hydrogen) atoms. The molecule has 0 atom stereocenters. The lowest BCUT2D eigenvalue weighted by Gasteiger charge is -2.20. The van der Waals surface area contributed by atoms with Crippen molar-refractivity contribution in [3.63, 3.8) is 0 Å². The Morgan fingerprint density at radius 3 is 2.39 bits per heavy atom. The van der Waals surface area contributed by atoms with E-state index in [0.717, 1.165) is 4.90 Å². The van der Waals surface area contributed by atoms with Crippen molar-refractivity contribution in [2.75, 3.05) is 30.5 Å². The topological polar surface area (TPSA) is 77.1 Å². The predicted molar refractivity (Wildman–Crippen MR) is 120 cm³/mol. The van der Waals surface area contributed by atoms with E-state index in [-0.39, 0.29) is 11.3 Å². The number of ether oxygens (including phenoxy) is 3. The summed E-state index contributed by atoms with van der Waals surface area (Å²) in [7, 11) is 1.46. The van der Waals surface area contributed by atoms with Crippen molar-refractivity contribution >= 4 is 28.8 Å². The summed E-state index contributed by atoms with van der Waals surface area (Å²) in [6.07, 6.45) is 0. The van der Waals surface area contributed by atoms with E-state index in [1.165, 1.54) is 31.4 Å². The fourth-order valence-corrected chi connectivity index (χ4v) is 3.83. The van der Waals surface area contributed by atoms with Gasteiger partial charge < -0.3 is 19.5 Å². The Labute approximate surface area is 189 Å². The van der Waals surface area contributed by atoms with Crippen molar-refractivity contribution in [2.24, 2.45) is 0 Å². The molecule has 8 heteroatoms. The Bertz CT molecular complexity index is 1290. The average Bonchev–Trinajstić information content (AvgIpc) is 3.08. The fraction of sp³-hybridized carbons (Fsp3) is 0.120. The van der Waals surface area contributed by atoms with Crippen LogP contribution in [0.5, 0.6) is 17.2 Å². The van der Waals surface area contributed by atoms with Gasteiger partial charge in [-0.05, 0) is 42.0 Å². The van der Waals surface area contributed by atoms with Crippen molar-refractivity contribution in [3.05, 3.63) is 83.8 Å². The second-order valence-electron chi connectivity index (χ2n) is 7.36. The summed E-state index contributed by atoms with van der Waals surface area (Å²) in [5, 5.41) is 3.07. The number of amides is 2. The van der Waals surface area contributed by atoms with Crippen LogP contribution >= 0.6 is 0 Å². The summed E-state index contributed by atoms with van der Waals surface area (Å²) in [6.45, 7) is 0.874. The maximum Gasteiger partial charge on any atom is 0.282 e. The smallest absolute Gasteiger partial charge is 0.282 e. The first-order chi connectivity index (χ1) is 16.1. The fourth-order valence-electron chi connectivity index (χ4n) is 3.83. The van der Waals surface area contributed by atoms with Gasteiger partial charge >= 0.3 is 0 Å². The molecule has 0 aromatic heterocycles. The Kier molecular flexibility index (Phi) is 5.18. The summed E-state index contributed by atoms with van der Waals surface area (Å²) in [6, 6.07) is 17.3. The van der Waals surface area contributed by atoms with Gasteiger partial charge in [0.15, 0.2) is 11.5 Å². The number of hydrogen-bond donors (Lipinski definition) is 1. The van der Waals surface area contributed by atoms with E-state index in [2.05, 4.69) is 5.32 Å². The number of methoxy groups -OCH3 is 1. The van der Waals surface area contributed by atoms with Crippen molar-refractivity contribution in [2.45, 2.75) is 0 Å². The van der Waals surface area contributed by atoms with Crippen molar-refractivity contribution in [1.29, 1.82) is 0 Å². The Balaban J connectivity index is 1.60. The zero-order valence-corrected chi connectivity index (χ0v) is 17.6. The minimum Gasteiger partial charge on any atom is -0.495 e. The van der Waals surface area contributed by atoms with Crippen molar-refractivity contribution in [1.82, 2.24) is 0 Å². The standard InChI is InChI=1S/C25H19FN2O5/c1-31-19-5-3-2-4-18(19)28-24(29)22(15-6-8-16(26)9-7-15)23(25(28)30)27-17-10-11-20-21(14-17)33-13-12-32-20/h2-11,14,27H,12-13H2,1H3. The van der Waals surface area contributed by atoms with Gasteiger partial charge in [0.25, 0.3) is 11.8 Å². The molecule has 0 saturated heterocycles. The van der Waals surface area contributed by atoms with E-state index in [1.54, 1.807) is 42.5 Å². The van der Waals surface area contributed by atoms with Crippen LogP contribution in [0.3, 0.4) is 0 Å². The van der Waals surface area contributed by atoms with Gasteiger partial charge in [0, 0.05) is 11.8 Å². The molecule has 5 rings (SSSR count). The quantitative estimate of drug-likeness (QED) is 0.597. The molecule has 0 saturated carbocycles. The minimum atomic E-state index is -0.557. The van der Waals surface area contributed by atoms with Gasteiger partial charge in [-0.25, -0.2) is 9.29 Å². The van der Waals surface area contributed by atoms with E-state index in [9.17, 15) is 14.0 Å². The first kappa shape index (κ1) is 20.6. The first-order valence-electron chi connectivity index (χ1n) is 10.3. The molecule has 2 aliphatic heterocycles. The molecule has 7 nitrogen and oxygen atoms in total. The summed E-state index contributed by atoms with van der Waals surface area (Å²) in [5.74, 6) is -0.0373. The Morgan fingerprint density at radius 1 is 0.909 bits per heavy atom. The van der Waals surface area contributed by atoms with Gasteiger partial charge in [-0.3, -0.25) is 9.59 Å². The average molecular weight is 446 g/mol. The lowest BCUT2D eigenvalue weighted by Crippen LogP contribution is -2.32. The van der Waals surface area contributed by atoms with E-state index in [4.69, 9.17) is 14.2 Å². The molecular weight excluding hydrogens is 427 g/mol. The molecule has 2 amide bonds. The zero-order chi connectivity index (χ0) is 22.9. The number of imide groups is 1. The zero-order valence-electron chi connectivity index (χ0n) is 17.6. The Hall–Kier alpha value is -4.33. The summed E-state index contributed by atoms with van der Waals surface area (Å²) < 4.78 is 30.1. The molecule has 166 valence electrons. The number of fused-ring (bicyclic) bond motifs is 1. The molecular formula is C25H19FN2O5. The maximum atomic E-state index is 13.6. The van der Waals surface area contributed by atoms with Crippen molar-refractivity contribution < 1.29 is 28.2 Å². The van der Waals surface area contributed by atoms with Gasteiger partial charge in [0.1, 0.15) is 30.5 Å². The third-order valence-corrected chi connectivity index (χ3v) is 5.35. The second-order valence-corrected chi connectivity index (χ2v) is 7.36. The molecule has 3 aromatic rings. The number of anilines is 2. The molecule has 0 unspecified atom stereocenters. The molecule has 0 aliphatic carbocycles. The highest BCUT2D eigenvalue weighted by Gasteiger charge is 2.41. The summed E-state index contributed by atoms with van der Waals surface area (Å²) in [4.78, 5) is 28.1.